The number of thiazole rings is 1. The number of nitrogens with one attached hydrogen (secondary N) is 1. The van der Waals surface area contributed by atoms with Crippen LogP contribution in [0.2, 0.25) is 0 Å². The molecule has 0 fully saturated rings. The third kappa shape index (κ3) is 5.30. The lowest BCUT2D eigenvalue weighted by Crippen LogP contribution is -2.33. The molecule has 3 aromatic rings. The number of hydrogen-bond acceptors (Lipinski definition) is 7. The molecule has 1 atom stereocenters. The van der Waals surface area contributed by atoms with Gasteiger partial charge in [0.15, 0.2) is 0 Å². The summed E-state index contributed by atoms with van der Waals surface area (Å²) in [5.74, 6) is -0.124. The number of rotatable bonds is 10. The lowest BCUT2D eigenvalue weighted by atomic mass is 10.1. The van der Waals surface area contributed by atoms with Crippen LogP contribution < -0.4 is 10.2 Å². The largest absolute Gasteiger partial charge is 0.377 e. The Kier molecular flexibility index (Phi) is 8.07. The van der Waals surface area contributed by atoms with Crippen LogP contribution in [-0.4, -0.2) is 55.0 Å². The van der Waals surface area contributed by atoms with E-state index in [-0.39, 0.29) is 12.0 Å². The van der Waals surface area contributed by atoms with Crippen LogP contribution in [0.1, 0.15) is 29.2 Å². The molecule has 1 amide bonds. The maximum atomic E-state index is 13.1. The molecule has 1 aromatic carbocycles. The van der Waals surface area contributed by atoms with Gasteiger partial charge in [-0.15, -0.1) is 23.1 Å². The van der Waals surface area contributed by atoms with Crippen LogP contribution in [0.3, 0.4) is 0 Å². The Morgan fingerprint density at radius 3 is 2.90 bits per heavy atom. The van der Waals surface area contributed by atoms with Gasteiger partial charge in [0.1, 0.15) is 0 Å². The second kappa shape index (κ2) is 10.7. The van der Waals surface area contributed by atoms with Gasteiger partial charge < -0.3 is 15.0 Å². The fourth-order valence-corrected chi connectivity index (χ4v) is 4.68. The minimum atomic E-state index is -0.124. The number of thioether (sulfide) groups is 1. The van der Waals surface area contributed by atoms with Crippen molar-refractivity contribution in [3.05, 3.63) is 46.5 Å². The van der Waals surface area contributed by atoms with Gasteiger partial charge >= 0.3 is 0 Å². The minimum Gasteiger partial charge on any atom is -0.377 e. The molecule has 0 saturated carbocycles. The predicted octanol–water partition coefficient (Wildman–Crippen LogP) is 4.25. The monoisotopic (exact) mass is 444 g/mol. The summed E-state index contributed by atoms with van der Waals surface area (Å²) in [6, 6.07) is 6.11. The lowest BCUT2D eigenvalue weighted by molar-refractivity contribution is 0.0816. The number of pyridine rings is 1. The van der Waals surface area contributed by atoms with Crippen molar-refractivity contribution < 1.29 is 9.53 Å². The molecule has 1 unspecified atom stereocenters. The summed E-state index contributed by atoms with van der Waals surface area (Å²) < 4.78 is 5.73. The number of likely N-dealkylation sites (N-methyl/N-ethyl adjacent to an activating group) is 1. The first kappa shape index (κ1) is 22.5. The van der Waals surface area contributed by atoms with E-state index in [0.717, 1.165) is 26.5 Å². The Hall–Kier alpha value is -2.16. The number of nitrogens with zero attached hydrogens (tertiary/aromatic N) is 3. The van der Waals surface area contributed by atoms with Crippen LogP contribution >= 0.6 is 23.1 Å². The van der Waals surface area contributed by atoms with E-state index in [1.165, 1.54) is 0 Å². The number of fused-ring (bicyclic) bond motifs is 1. The van der Waals surface area contributed by atoms with Gasteiger partial charge in [0, 0.05) is 61.2 Å². The number of aromatic nitrogens is 2. The first-order valence-corrected chi connectivity index (χ1v) is 12.1. The maximum Gasteiger partial charge on any atom is 0.254 e. The Bertz CT molecular complexity index is 979. The van der Waals surface area contributed by atoms with Crippen LogP contribution in [0.25, 0.3) is 10.9 Å². The topological polar surface area (TPSA) is 67.3 Å². The minimum absolute atomic E-state index is 0.0489. The first-order valence-electron chi connectivity index (χ1n) is 10.00. The molecule has 160 valence electrons. The van der Waals surface area contributed by atoms with Crippen molar-refractivity contribution in [3.63, 3.8) is 0 Å². The summed E-state index contributed by atoms with van der Waals surface area (Å²) in [6.07, 6.45) is 6.28. The number of ether oxygens (including phenoxy) is 1. The van der Waals surface area contributed by atoms with Crippen LogP contribution in [0.15, 0.2) is 40.9 Å². The van der Waals surface area contributed by atoms with Crippen LogP contribution in [-0.2, 0) is 11.2 Å². The molecule has 0 spiro atoms. The van der Waals surface area contributed by atoms with Crippen molar-refractivity contribution in [2.24, 2.45) is 0 Å². The molecule has 2 heterocycles. The third-order valence-electron chi connectivity index (χ3n) is 4.77. The number of hydrogen-bond donors (Lipinski definition) is 1. The molecule has 8 heteroatoms. The second-order valence-corrected chi connectivity index (χ2v) is 8.78. The van der Waals surface area contributed by atoms with E-state index in [1.807, 2.05) is 44.7 Å². The molecule has 0 bridgehead atoms. The SMILES string of the molecule is CCOC(C)CN(C)c1c(C(=O)NCCc2nccs2)cnc2c(SC)cccc12. The fourth-order valence-electron chi connectivity index (χ4n) is 3.49. The molecule has 3 rings (SSSR count). The Balaban J connectivity index is 1.92. The summed E-state index contributed by atoms with van der Waals surface area (Å²) in [4.78, 5) is 25.2. The Morgan fingerprint density at radius 2 is 2.20 bits per heavy atom. The van der Waals surface area contributed by atoms with Crippen LogP contribution in [0.4, 0.5) is 5.69 Å². The lowest BCUT2D eigenvalue weighted by Gasteiger charge is -2.27. The summed E-state index contributed by atoms with van der Waals surface area (Å²) >= 11 is 3.25. The van der Waals surface area contributed by atoms with E-state index >= 15 is 0 Å². The number of anilines is 1. The summed E-state index contributed by atoms with van der Waals surface area (Å²) in [5.41, 5.74) is 2.37. The average molecular weight is 445 g/mol. The Morgan fingerprint density at radius 1 is 1.37 bits per heavy atom. The molecule has 0 aliphatic heterocycles. The van der Waals surface area contributed by atoms with E-state index in [2.05, 4.69) is 26.3 Å². The Labute approximate surface area is 186 Å². The summed E-state index contributed by atoms with van der Waals surface area (Å²) in [7, 11) is 2.00. The maximum absolute atomic E-state index is 13.1. The number of benzene rings is 1. The molecule has 0 aliphatic rings. The van der Waals surface area contributed by atoms with Gasteiger partial charge in [0.05, 0.1) is 27.9 Å². The van der Waals surface area contributed by atoms with E-state index in [1.54, 1.807) is 35.5 Å². The highest BCUT2D eigenvalue weighted by Gasteiger charge is 2.21. The van der Waals surface area contributed by atoms with Gasteiger partial charge in [-0.1, -0.05) is 12.1 Å². The van der Waals surface area contributed by atoms with Gasteiger partial charge in [0.2, 0.25) is 0 Å². The number of para-hydroxylation sites is 1. The van der Waals surface area contributed by atoms with E-state index in [0.29, 0.717) is 31.7 Å². The molecule has 1 N–H and O–H groups in total. The van der Waals surface area contributed by atoms with Gasteiger partial charge in [0.25, 0.3) is 5.91 Å². The van der Waals surface area contributed by atoms with Crippen LogP contribution in [0, 0.1) is 0 Å². The zero-order valence-corrected chi connectivity index (χ0v) is 19.5. The molecule has 6 nitrogen and oxygen atoms in total. The highest BCUT2D eigenvalue weighted by atomic mass is 32.2. The molecule has 0 saturated heterocycles. The third-order valence-corrected chi connectivity index (χ3v) is 6.38. The smallest absolute Gasteiger partial charge is 0.254 e. The van der Waals surface area contributed by atoms with E-state index < -0.39 is 0 Å². The summed E-state index contributed by atoms with van der Waals surface area (Å²) in [5, 5.41) is 6.96. The summed E-state index contributed by atoms with van der Waals surface area (Å²) in [6.45, 7) is 5.91. The van der Waals surface area contributed by atoms with Gasteiger partial charge in [-0.25, -0.2) is 4.98 Å². The van der Waals surface area contributed by atoms with Crippen molar-refractivity contribution in [2.75, 3.05) is 37.9 Å². The average Bonchev–Trinajstić information content (AvgIpc) is 3.25. The van der Waals surface area contributed by atoms with E-state index in [9.17, 15) is 4.79 Å². The predicted molar refractivity (Wildman–Crippen MR) is 126 cm³/mol. The van der Waals surface area contributed by atoms with Crippen molar-refractivity contribution >= 4 is 45.6 Å². The highest BCUT2D eigenvalue weighted by Crippen LogP contribution is 2.33. The van der Waals surface area contributed by atoms with Gasteiger partial charge in [-0.2, -0.15) is 0 Å². The molecule has 0 radical (unpaired) electrons. The quantitative estimate of drug-likeness (QED) is 0.472. The van der Waals surface area contributed by atoms with Gasteiger partial charge in [-0.3, -0.25) is 9.78 Å². The highest BCUT2D eigenvalue weighted by molar-refractivity contribution is 7.98. The van der Waals surface area contributed by atoms with Gasteiger partial charge in [-0.05, 0) is 26.2 Å². The van der Waals surface area contributed by atoms with Crippen molar-refractivity contribution in [1.82, 2.24) is 15.3 Å². The molecule has 0 aliphatic carbocycles. The molecule has 2 aromatic heterocycles. The zero-order valence-electron chi connectivity index (χ0n) is 17.8. The van der Waals surface area contributed by atoms with Crippen LogP contribution in [0.5, 0.6) is 0 Å². The van der Waals surface area contributed by atoms with Crippen molar-refractivity contribution in [2.45, 2.75) is 31.3 Å². The molecular formula is C22H28N4O2S2. The number of carbonyl (C=O) groups excluding carboxylic acids is 1. The number of carbonyl (C=O) groups is 1. The fraction of sp³-hybridized carbons (Fsp3) is 0.409. The molecular weight excluding hydrogens is 416 g/mol. The second-order valence-electron chi connectivity index (χ2n) is 6.96. The van der Waals surface area contributed by atoms with Crippen molar-refractivity contribution in [1.29, 1.82) is 0 Å². The first-order chi connectivity index (χ1) is 14.5. The zero-order chi connectivity index (χ0) is 21.5. The standard InChI is InChI=1S/C22H28N4O2S2/c1-5-28-15(2)14-26(3)21-16-7-6-8-18(29-4)20(16)25-13-17(21)22(27)24-10-9-19-23-11-12-30-19/h6-8,11-13,15H,5,9-10,14H2,1-4H3,(H,24,27). The molecule has 30 heavy (non-hydrogen) atoms. The normalized spacial score (nSPS) is 12.1. The van der Waals surface area contributed by atoms with E-state index in [4.69, 9.17) is 4.74 Å². The van der Waals surface area contributed by atoms with Crippen molar-refractivity contribution in [3.8, 4) is 0 Å². The number of amides is 1.